The molecule has 9 heteroatoms. The predicted molar refractivity (Wildman–Crippen MR) is 106 cm³/mol. The molecule has 1 aliphatic heterocycles. The minimum absolute atomic E-state index is 0.00800. The number of benzene rings is 1. The number of methoxy groups -OCH3 is 1. The molecule has 29 heavy (non-hydrogen) atoms. The van der Waals surface area contributed by atoms with Gasteiger partial charge in [-0.3, -0.25) is 4.40 Å². The van der Waals surface area contributed by atoms with Crippen LogP contribution >= 0.6 is 0 Å². The van der Waals surface area contributed by atoms with Crippen molar-refractivity contribution in [3.63, 3.8) is 0 Å². The second-order valence-electron chi connectivity index (χ2n) is 7.12. The molecule has 0 bridgehead atoms. The Morgan fingerprint density at radius 2 is 2.10 bits per heavy atom. The van der Waals surface area contributed by atoms with Crippen molar-refractivity contribution in [2.24, 2.45) is 0 Å². The molecule has 7 nitrogen and oxygen atoms in total. The fraction of sp³-hybridized carbons (Fsp3) is 0.400. The average Bonchev–Trinajstić information content (AvgIpc) is 3.18. The van der Waals surface area contributed by atoms with Gasteiger partial charge in [-0.2, -0.15) is 8.78 Å². The lowest BCUT2D eigenvalue weighted by molar-refractivity contribution is -0.0495. The number of rotatable bonds is 6. The summed E-state index contributed by atoms with van der Waals surface area (Å²) in [7, 11) is 3.57. The monoisotopic (exact) mass is 403 g/mol. The van der Waals surface area contributed by atoms with Crippen molar-refractivity contribution in [1.29, 1.82) is 0 Å². The highest BCUT2D eigenvalue weighted by Crippen LogP contribution is 2.36. The molecule has 1 fully saturated rings. The Morgan fingerprint density at radius 1 is 1.24 bits per heavy atom. The molecular weight excluding hydrogens is 380 g/mol. The first-order chi connectivity index (χ1) is 14.0. The van der Waals surface area contributed by atoms with Crippen LogP contribution in [0.3, 0.4) is 0 Å². The van der Waals surface area contributed by atoms with E-state index < -0.39 is 6.61 Å². The minimum Gasteiger partial charge on any atom is -0.497 e. The molecule has 4 rings (SSSR count). The lowest BCUT2D eigenvalue weighted by Crippen LogP contribution is -2.40. The molecule has 1 aromatic carbocycles. The van der Waals surface area contributed by atoms with Gasteiger partial charge in [0.05, 0.1) is 12.6 Å². The number of hydrogen-bond acceptors (Lipinski definition) is 6. The first-order valence-electron chi connectivity index (χ1n) is 9.47. The van der Waals surface area contributed by atoms with Gasteiger partial charge in [0.1, 0.15) is 17.2 Å². The van der Waals surface area contributed by atoms with E-state index in [1.54, 1.807) is 12.1 Å². The number of likely N-dealkylation sites (tertiary alicyclic amines) is 1. The summed E-state index contributed by atoms with van der Waals surface area (Å²) >= 11 is 0. The number of ether oxygens (including phenoxy) is 2. The van der Waals surface area contributed by atoms with Gasteiger partial charge in [-0.25, -0.2) is 0 Å². The first-order valence-corrected chi connectivity index (χ1v) is 9.47. The zero-order chi connectivity index (χ0) is 20.4. The summed E-state index contributed by atoms with van der Waals surface area (Å²) in [4.78, 5) is 2.28. The number of anilines is 1. The molecule has 154 valence electrons. The van der Waals surface area contributed by atoms with Gasteiger partial charge >= 0.3 is 6.61 Å². The van der Waals surface area contributed by atoms with E-state index in [-0.39, 0.29) is 11.8 Å². The molecule has 1 aliphatic rings. The molecule has 0 saturated carbocycles. The van der Waals surface area contributed by atoms with Crippen LogP contribution < -0.4 is 14.8 Å². The topological polar surface area (TPSA) is 63.9 Å². The van der Waals surface area contributed by atoms with Crippen molar-refractivity contribution in [1.82, 2.24) is 19.5 Å². The zero-order valence-electron chi connectivity index (χ0n) is 16.3. The standard InChI is InChI=1S/C20H23F2N5O2/c1-26-9-3-5-13(12-26)23-20-25-24-18(16-6-4-10-27(16)20)15-8-7-14(28-2)11-17(15)29-19(21)22/h4,6-8,10-11,13,19H,3,5,9,12H2,1-2H3,(H,23,25)/t13-/m1/s1. The maximum absolute atomic E-state index is 12.9. The van der Waals surface area contributed by atoms with Crippen LogP contribution in [0.15, 0.2) is 36.5 Å². The molecule has 3 aromatic rings. The summed E-state index contributed by atoms with van der Waals surface area (Å²) in [5, 5.41) is 12.2. The van der Waals surface area contributed by atoms with E-state index >= 15 is 0 Å². The molecule has 1 atom stereocenters. The molecule has 0 radical (unpaired) electrons. The quantitative estimate of drug-likeness (QED) is 0.680. The van der Waals surface area contributed by atoms with Gasteiger partial charge < -0.3 is 19.7 Å². The summed E-state index contributed by atoms with van der Waals surface area (Å²) in [6.07, 6.45) is 4.05. The van der Waals surface area contributed by atoms with Crippen molar-refractivity contribution < 1.29 is 18.3 Å². The molecule has 0 unspecified atom stereocenters. The van der Waals surface area contributed by atoms with Crippen molar-refractivity contribution >= 4 is 11.5 Å². The van der Waals surface area contributed by atoms with Crippen LogP contribution in [0.5, 0.6) is 11.5 Å². The third kappa shape index (κ3) is 4.09. The largest absolute Gasteiger partial charge is 0.497 e. The van der Waals surface area contributed by atoms with Crippen LogP contribution in [0, 0.1) is 0 Å². The minimum atomic E-state index is -2.96. The normalized spacial score (nSPS) is 17.6. The van der Waals surface area contributed by atoms with Crippen LogP contribution in [-0.2, 0) is 0 Å². The summed E-state index contributed by atoms with van der Waals surface area (Å²) in [5.41, 5.74) is 1.63. The van der Waals surface area contributed by atoms with Crippen LogP contribution in [0.2, 0.25) is 0 Å². The van der Waals surface area contributed by atoms with Crippen LogP contribution in [0.25, 0.3) is 16.8 Å². The Morgan fingerprint density at radius 3 is 2.86 bits per heavy atom. The SMILES string of the molecule is COc1ccc(-c2nnc(N[C@@H]3CCCN(C)C3)n3cccc23)c(OC(F)F)c1. The number of aromatic nitrogens is 3. The Balaban J connectivity index is 1.72. The van der Waals surface area contributed by atoms with Gasteiger partial charge in [0.15, 0.2) is 0 Å². The van der Waals surface area contributed by atoms with E-state index in [1.165, 1.54) is 13.2 Å². The molecule has 0 spiro atoms. The third-order valence-electron chi connectivity index (χ3n) is 5.08. The van der Waals surface area contributed by atoms with Crippen molar-refractivity contribution in [3.8, 4) is 22.8 Å². The maximum atomic E-state index is 12.9. The van der Waals surface area contributed by atoms with Gasteiger partial charge in [0.25, 0.3) is 0 Å². The first kappa shape index (κ1) is 19.4. The second kappa shape index (κ2) is 8.20. The Bertz CT molecular complexity index is 994. The number of fused-ring (bicyclic) bond motifs is 1. The lowest BCUT2D eigenvalue weighted by Gasteiger charge is -2.30. The van der Waals surface area contributed by atoms with Gasteiger partial charge in [-0.05, 0) is 50.7 Å². The highest BCUT2D eigenvalue weighted by atomic mass is 19.3. The number of likely N-dealkylation sites (N-methyl/N-ethyl adjacent to an activating group) is 1. The van der Waals surface area contributed by atoms with Crippen LogP contribution in [-0.4, -0.2) is 59.4 Å². The average molecular weight is 403 g/mol. The second-order valence-corrected chi connectivity index (χ2v) is 7.12. The van der Waals surface area contributed by atoms with E-state index in [1.807, 2.05) is 22.7 Å². The van der Waals surface area contributed by atoms with E-state index in [2.05, 4.69) is 27.5 Å². The molecule has 0 amide bonds. The predicted octanol–water partition coefficient (Wildman–Crippen LogP) is 3.51. The van der Waals surface area contributed by atoms with Crippen molar-refractivity contribution in [2.45, 2.75) is 25.5 Å². The van der Waals surface area contributed by atoms with Crippen molar-refractivity contribution in [3.05, 3.63) is 36.5 Å². The van der Waals surface area contributed by atoms with Gasteiger partial charge in [0, 0.05) is 30.4 Å². The van der Waals surface area contributed by atoms with Gasteiger partial charge in [-0.1, -0.05) is 0 Å². The lowest BCUT2D eigenvalue weighted by atomic mass is 10.1. The number of hydrogen-bond donors (Lipinski definition) is 1. The molecule has 3 heterocycles. The van der Waals surface area contributed by atoms with Gasteiger partial charge in [0.2, 0.25) is 5.95 Å². The summed E-state index contributed by atoms with van der Waals surface area (Å²) in [6.45, 7) is -0.941. The van der Waals surface area contributed by atoms with E-state index in [0.717, 1.165) is 31.4 Å². The van der Waals surface area contributed by atoms with Crippen LogP contribution in [0.1, 0.15) is 12.8 Å². The molecule has 1 saturated heterocycles. The number of halogens is 2. The van der Waals surface area contributed by atoms with Crippen molar-refractivity contribution in [2.75, 3.05) is 32.6 Å². The highest BCUT2D eigenvalue weighted by molar-refractivity contribution is 5.81. The third-order valence-corrected chi connectivity index (χ3v) is 5.08. The Labute approximate surface area is 167 Å². The van der Waals surface area contributed by atoms with E-state index in [0.29, 0.717) is 23.0 Å². The summed E-state index contributed by atoms with van der Waals surface area (Å²) < 4.78 is 37.6. The number of piperidine rings is 1. The molecule has 2 aromatic heterocycles. The summed E-state index contributed by atoms with van der Waals surface area (Å²) in [6, 6.07) is 8.77. The Kier molecular flexibility index (Phi) is 5.48. The molecule has 1 N–H and O–H groups in total. The highest BCUT2D eigenvalue weighted by Gasteiger charge is 2.21. The summed E-state index contributed by atoms with van der Waals surface area (Å²) in [5.74, 6) is 1.04. The number of alkyl halides is 2. The fourth-order valence-corrected chi connectivity index (χ4v) is 3.73. The number of nitrogens with zero attached hydrogens (tertiary/aromatic N) is 4. The van der Waals surface area contributed by atoms with E-state index in [9.17, 15) is 8.78 Å². The molecule has 0 aliphatic carbocycles. The van der Waals surface area contributed by atoms with Gasteiger partial charge in [-0.15, -0.1) is 10.2 Å². The zero-order valence-corrected chi connectivity index (χ0v) is 16.3. The van der Waals surface area contributed by atoms with E-state index in [4.69, 9.17) is 9.47 Å². The Hall–Kier alpha value is -2.94. The maximum Gasteiger partial charge on any atom is 0.387 e. The smallest absolute Gasteiger partial charge is 0.387 e. The number of nitrogens with one attached hydrogen (secondary N) is 1. The fourth-order valence-electron chi connectivity index (χ4n) is 3.73. The van der Waals surface area contributed by atoms with Crippen LogP contribution in [0.4, 0.5) is 14.7 Å². The molecular formula is C20H23F2N5O2.